The predicted molar refractivity (Wildman–Crippen MR) is 73.5 cm³/mol. The van der Waals surface area contributed by atoms with Crippen LogP contribution in [-0.4, -0.2) is 50.0 Å². The van der Waals surface area contributed by atoms with E-state index < -0.39 is 0 Å². The maximum atomic E-state index is 10.3. The summed E-state index contributed by atoms with van der Waals surface area (Å²) in [7, 11) is 1.64. The SMILES string of the molecule is COc1cc(CCN)c(O)c(CN2CCOCC2)c1. The monoisotopic (exact) mass is 266 g/mol. The molecule has 3 N–H and O–H groups in total. The van der Waals surface area contributed by atoms with Crippen molar-refractivity contribution in [2.75, 3.05) is 40.0 Å². The van der Waals surface area contributed by atoms with Crippen molar-refractivity contribution in [1.82, 2.24) is 4.90 Å². The van der Waals surface area contributed by atoms with Gasteiger partial charge in [-0.15, -0.1) is 0 Å². The minimum atomic E-state index is 0.345. The molecular formula is C14H22N2O3. The number of phenols is 1. The van der Waals surface area contributed by atoms with Gasteiger partial charge in [0, 0.05) is 25.2 Å². The zero-order valence-corrected chi connectivity index (χ0v) is 11.4. The Balaban J connectivity index is 2.19. The number of hydrogen-bond donors (Lipinski definition) is 2. The fourth-order valence-electron chi connectivity index (χ4n) is 2.31. The zero-order valence-electron chi connectivity index (χ0n) is 11.4. The number of benzene rings is 1. The summed E-state index contributed by atoms with van der Waals surface area (Å²) in [6.07, 6.45) is 0.652. The third kappa shape index (κ3) is 3.59. The molecule has 1 aliphatic rings. The van der Waals surface area contributed by atoms with Gasteiger partial charge in [-0.3, -0.25) is 4.90 Å². The van der Waals surface area contributed by atoms with Gasteiger partial charge in [-0.2, -0.15) is 0 Å². The second kappa shape index (κ2) is 6.75. The molecule has 0 radical (unpaired) electrons. The fraction of sp³-hybridized carbons (Fsp3) is 0.571. The molecule has 0 unspecified atom stereocenters. The molecule has 1 saturated heterocycles. The van der Waals surface area contributed by atoms with Gasteiger partial charge in [-0.25, -0.2) is 0 Å². The van der Waals surface area contributed by atoms with E-state index in [1.54, 1.807) is 7.11 Å². The average molecular weight is 266 g/mol. The van der Waals surface area contributed by atoms with E-state index in [1.165, 1.54) is 0 Å². The first-order valence-corrected chi connectivity index (χ1v) is 6.63. The Bertz CT molecular complexity index is 417. The molecule has 5 nitrogen and oxygen atoms in total. The van der Waals surface area contributed by atoms with E-state index in [0.29, 0.717) is 25.3 Å². The Hall–Kier alpha value is -1.30. The first kappa shape index (κ1) is 14.1. The molecule has 1 aliphatic heterocycles. The van der Waals surface area contributed by atoms with E-state index in [-0.39, 0.29) is 0 Å². The Morgan fingerprint density at radius 1 is 1.32 bits per heavy atom. The van der Waals surface area contributed by atoms with Gasteiger partial charge in [0.05, 0.1) is 20.3 Å². The number of ether oxygens (including phenoxy) is 2. The van der Waals surface area contributed by atoms with Crippen molar-refractivity contribution < 1.29 is 14.6 Å². The highest BCUT2D eigenvalue weighted by atomic mass is 16.5. The van der Waals surface area contributed by atoms with Crippen LogP contribution in [0.25, 0.3) is 0 Å². The summed E-state index contributed by atoms with van der Waals surface area (Å²) in [5.41, 5.74) is 7.32. The highest BCUT2D eigenvalue weighted by Crippen LogP contribution is 2.29. The van der Waals surface area contributed by atoms with Crippen molar-refractivity contribution in [3.63, 3.8) is 0 Å². The lowest BCUT2D eigenvalue weighted by Gasteiger charge is -2.27. The molecular weight excluding hydrogens is 244 g/mol. The van der Waals surface area contributed by atoms with Gasteiger partial charge in [-0.1, -0.05) is 0 Å². The lowest BCUT2D eigenvalue weighted by atomic mass is 10.0. The highest BCUT2D eigenvalue weighted by molar-refractivity contribution is 5.46. The lowest BCUT2D eigenvalue weighted by molar-refractivity contribution is 0.0338. The molecule has 1 fully saturated rings. The van der Waals surface area contributed by atoms with E-state index in [1.807, 2.05) is 12.1 Å². The number of nitrogens with two attached hydrogens (primary N) is 1. The molecule has 0 bridgehead atoms. The van der Waals surface area contributed by atoms with Crippen LogP contribution in [0.4, 0.5) is 0 Å². The van der Waals surface area contributed by atoms with Crippen LogP contribution in [0, 0.1) is 0 Å². The second-order valence-corrected chi connectivity index (χ2v) is 4.72. The van der Waals surface area contributed by atoms with E-state index in [4.69, 9.17) is 15.2 Å². The molecule has 0 amide bonds. The van der Waals surface area contributed by atoms with Gasteiger partial charge in [0.15, 0.2) is 0 Å². The minimum Gasteiger partial charge on any atom is -0.507 e. The molecule has 19 heavy (non-hydrogen) atoms. The van der Waals surface area contributed by atoms with Gasteiger partial charge in [0.2, 0.25) is 0 Å². The maximum Gasteiger partial charge on any atom is 0.123 e. The van der Waals surface area contributed by atoms with E-state index in [0.717, 1.165) is 43.2 Å². The van der Waals surface area contributed by atoms with Crippen molar-refractivity contribution >= 4 is 0 Å². The molecule has 106 valence electrons. The van der Waals surface area contributed by atoms with Crippen molar-refractivity contribution in [2.45, 2.75) is 13.0 Å². The summed E-state index contributed by atoms with van der Waals surface area (Å²) >= 11 is 0. The average Bonchev–Trinajstić information content (AvgIpc) is 2.44. The number of nitrogens with zero attached hydrogens (tertiary/aromatic N) is 1. The second-order valence-electron chi connectivity index (χ2n) is 4.72. The van der Waals surface area contributed by atoms with Crippen molar-refractivity contribution in [1.29, 1.82) is 0 Å². The van der Waals surface area contributed by atoms with Crippen LogP contribution >= 0.6 is 0 Å². The minimum absolute atomic E-state index is 0.345. The van der Waals surface area contributed by atoms with Crippen LogP contribution in [-0.2, 0) is 17.7 Å². The largest absolute Gasteiger partial charge is 0.507 e. The third-order valence-electron chi connectivity index (χ3n) is 3.39. The first-order chi connectivity index (χ1) is 9.24. The molecule has 0 aliphatic carbocycles. The standard InChI is InChI=1S/C14H22N2O3/c1-18-13-8-11(2-3-15)14(17)12(9-13)10-16-4-6-19-7-5-16/h8-9,17H,2-7,10,15H2,1H3. The van der Waals surface area contributed by atoms with Crippen LogP contribution in [0.1, 0.15) is 11.1 Å². The molecule has 2 rings (SSSR count). The molecule has 0 spiro atoms. The van der Waals surface area contributed by atoms with Crippen LogP contribution in [0.5, 0.6) is 11.5 Å². The Labute approximate surface area is 113 Å². The van der Waals surface area contributed by atoms with Crippen LogP contribution < -0.4 is 10.5 Å². The van der Waals surface area contributed by atoms with Crippen molar-refractivity contribution in [3.8, 4) is 11.5 Å². The van der Waals surface area contributed by atoms with Crippen LogP contribution in [0.15, 0.2) is 12.1 Å². The van der Waals surface area contributed by atoms with Gasteiger partial charge in [-0.05, 0) is 30.7 Å². The van der Waals surface area contributed by atoms with Crippen molar-refractivity contribution in [3.05, 3.63) is 23.3 Å². The topological polar surface area (TPSA) is 68.0 Å². The van der Waals surface area contributed by atoms with E-state index in [2.05, 4.69) is 4.90 Å². The summed E-state index contributed by atoms with van der Waals surface area (Å²) in [4.78, 5) is 2.27. The number of aromatic hydroxyl groups is 1. The summed E-state index contributed by atoms with van der Waals surface area (Å²) < 4.78 is 10.6. The summed E-state index contributed by atoms with van der Waals surface area (Å²) in [5.74, 6) is 1.11. The first-order valence-electron chi connectivity index (χ1n) is 6.63. The number of methoxy groups -OCH3 is 1. The fourth-order valence-corrected chi connectivity index (χ4v) is 2.31. The van der Waals surface area contributed by atoms with Gasteiger partial charge in [0.1, 0.15) is 11.5 Å². The van der Waals surface area contributed by atoms with E-state index in [9.17, 15) is 5.11 Å². The molecule has 5 heteroatoms. The van der Waals surface area contributed by atoms with Crippen LogP contribution in [0.2, 0.25) is 0 Å². The zero-order chi connectivity index (χ0) is 13.7. The normalized spacial score (nSPS) is 16.5. The Kier molecular flexibility index (Phi) is 5.01. The number of morpholine rings is 1. The summed E-state index contributed by atoms with van der Waals surface area (Å²) in [5, 5.41) is 10.3. The molecule has 0 atom stereocenters. The third-order valence-corrected chi connectivity index (χ3v) is 3.39. The Morgan fingerprint density at radius 2 is 2.00 bits per heavy atom. The van der Waals surface area contributed by atoms with Crippen molar-refractivity contribution in [2.24, 2.45) is 5.73 Å². The number of hydrogen-bond acceptors (Lipinski definition) is 5. The molecule has 1 aromatic carbocycles. The Morgan fingerprint density at radius 3 is 2.63 bits per heavy atom. The summed E-state index contributed by atoms with van der Waals surface area (Å²) in [6.45, 7) is 4.51. The molecule has 1 heterocycles. The number of phenolic OH excluding ortho intramolecular Hbond substituents is 1. The van der Waals surface area contributed by atoms with Gasteiger partial charge >= 0.3 is 0 Å². The predicted octanol–water partition coefficient (Wildman–Crippen LogP) is 0.734. The van der Waals surface area contributed by atoms with Gasteiger partial charge < -0.3 is 20.3 Å². The summed E-state index contributed by atoms with van der Waals surface area (Å²) in [6, 6.07) is 3.75. The van der Waals surface area contributed by atoms with Gasteiger partial charge in [0.25, 0.3) is 0 Å². The molecule has 1 aromatic rings. The smallest absolute Gasteiger partial charge is 0.123 e. The van der Waals surface area contributed by atoms with Crippen LogP contribution in [0.3, 0.4) is 0 Å². The lowest BCUT2D eigenvalue weighted by Crippen LogP contribution is -2.35. The maximum absolute atomic E-state index is 10.3. The highest BCUT2D eigenvalue weighted by Gasteiger charge is 2.15. The van der Waals surface area contributed by atoms with E-state index >= 15 is 0 Å². The molecule has 0 aromatic heterocycles. The molecule has 0 saturated carbocycles. The quantitative estimate of drug-likeness (QED) is 0.822. The number of rotatable bonds is 5.